The number of anilines is 1. The van der Waals surface area contributed by atoms with Crippen molar-refractivity contribution in [3.05, 3.63) is 28.8 Å². The van der Waals surface area contributed by atoms with Crippen LogP contribution in [-0.2, 0) is 0 Å². The van der Waals surface area contributed by atoms with E-state index in [9.17, 15) is 0 Å². The topological polar surface area (TPSA) is 35.5 Å². The molecule has 1 aromatic carbocycles. The largest absolute Gasteiger partial charge is 0.396 e. The van der Waals surface area contributed by atoms with Crippen LogP contribution in [0.15, 0.2) is 18.2 Å². The molecule has 0 aromatic heterocycles. The van der Waals surface area contributed by atoms with Gasteiger partial charge in [-0.05, 0) is 57.4 Å². The van der Waals surface area contributed by atoms with Crippen LogP contribution in [0.5, 0.6) is 0 Å². The van der Waals surface area contributed by atoms with E-state index in [-0.39, 0.29) is 6.61 Å². The third-order valence-corrected chi connectivity index (χ3v) is 4.59. The summed E-state index contributed by atoms with van der Waals surface area (Å²) >= 11 is 6.50. The molecule has 1 aliphatic carbocycles. The van der Waals surface area contributed by atoms with E-state index in [1.807, 2.05) is 7.05 Å². The Morgan fingerprint density at radius 2 is 2.20 bits per heavy atom. The first-order valence-electron chi connectivity index (χ1n) is 7.51. The van der Waals surface area contributed by atoms with Gasteiger partial charge in [0.05, 0.1) is 10.7 Å². The number of hydrogen-bond acceptors (Lipinski definition) is 3. The highest BCUT2D eigenvalue weighted by Crippen LogP contribution is 2.35. The molecule has 1 unspecified atom stereocenters. The van der Waals surface area contributed by atoms with Gasteiger partial charge in [-0.25, -0.2) is 0 Å². The molecule has 0 amide bonds. The highest BCUT2D eigenvalue weighted by Gasteiger charge is 2.26. The maximum absolute atomic E-state index is 9.08. The number of nitrogens with one attached hydrogen (secondary N) is 1. The van der Waals surface area contributed by atoms with Crippen LogP contribution in [0, 0.1) is 0 Å². The molecule has 0 heterocycles. The van der Waals surface area contributed by atoms with Crippen molar-refractivity contribution in [1.82, 2.24) is 5.32 Å². The number of benzene rings is 1. The fourth-order valence-electron chi connectivity index (χ4n) is 2.63. The van der Waals surface area contributed by atoms with Crippen molar-refractivity contribution in [1.29, 1.82) is 0 Å². The lowest BCUT2D eigenvalue weighted by Gasteiger charge is -2.40. The second-order valence-electron chi connectivity index (χ2n) is 5.58. The van der Waals surface area contributed by atoms with E-state index in [4.69, 9.17) is 16.7 Å². The van der Waals surface area contributed by atoms with Gasteiger partial charge in [0.15, 0.2) is 0 Å². The van der Waals surface area contributed by atoms with E-state index in [1.54, 1.807) is 0 Å². The first-order valence-corrected chi connectivity index (χ1v) is 7.89. The molecule has 4 heteroatoms. The molecule has 20 heavy (non-hydrogen) atoms. The van der Waals surface area contributed by atoms with Crippen molar-refractivity contribution >= 4 is 17.3 Å². The van der Waals surface area contributed by atoms with Gasteiger partial charge in [0.1, 0.15) is 0 Å². The molecular formula is C16H25ClN2O. The van der Waals surface area contributed by atoms with E-state index in [0.29, 0.717) is 12.1 Å². The van der Waals surface area contributed by atoms with Gasteiger partial charge in [0.2, 0.25) is 0 Å². The van der Waals surface area contributed by atoms with Crippen molar-refractivity contribution in [3.8, 4) is 0 Å². The quantitative estimate of drug-likeness (QED) is 0.810. The Morgan fingerprint density at radius 3 is 2.70 bits per heavy atom. The second kappa shape index (κ2) is 7.30. The number of aliphatic hydroxyl groups excluding tert-OH is 1. The van der Waals surface area contributed by atoms with Crippen LogP contribution in [0.2, 0.25) is 5.02 Å². The molecule has 1 aromatic rings. The van der Waals surface area contributed by atoms with Crippen LogP contribution in [-0.4, -0.2) is 31.3 Å². The number of nitrogens with zero attached hydrogens (tertiary/aromatic N) is 1. The maximum Gasteiger partial charge on any atom is 0.0642 e. The van der Waals surface area contributed by atoms with Crippen molar-refractivity contribution in [2.45, 2.75) is 44.7 Å². The first kappa shape index (κ1) is 15.6. The normalized spacial score (nSPS) is 16.8. The van der Waals surface area contributed by atoms with E-state index < -0.39 is 0 Å². The molecule has 2 N–H and O–H groups in total. The fraction of sp³-hybridized carbons (Fsp3) is 0.625. The Morgan fingerprint density at radius 1 is 1.45 bits per heavy atom. The number of aliphatic hydroxyl groups is 1. The summed E-state index contributed by atoms with van der Waals surface area (Å²) in [5.41, 5.74) is 2.31. The van der Waals surface area contributed by atoms with Gasteiger partial charge >= 0.3 is 0 Å². The van der Waals surface area contributed by atoms with Crippen molar-refractivity contribution < 1.29 is 5.11 Å². The van der Waals surface area contributed by atoms with E-state index in [2.05, 4.69) is 35.3 Å². The predicted molar refractivity (Wildman–Crippen MR) is 85.6 cm³/mol. The highest BCUT2D eigenvalue weighted by atomic mass is 35.5. The summed E-state index contributed by atoms with van der Waals surface area (Å²) < 4.78 is 0. The first-order chi connectivity index (χ1) is 9.67. The second-order valence-corrected chi connectivity index (χ2v) is 5.98. The molecule has 112 valence electrons. The fourth-order valence-corrected chi connectivity index (χ4v) is 2.93. The average molecular weight is 297 g/mol. The lowest BCUT2D eigenvalue weighted by Crippen LogP contribution is -2.41. The van der Waals surface area contributed by atoms with Crippen LogP contribution >= 0.6 is 11.6 Å². The molecule has 0 radical (unpaired) electrons. The molecule has 2 rings (SSSR count). The van der Waals surface area contributed by atoms with E-state index in [1.165, 1.54) is 24.8 Å². The minimum Gasteiger partial charge on any atom is -0.396 e. The Labute approximate surface area is 126 Å². The van der Waals surface area contributed by atoms with Gasteiger partial charge in [0.25, 0.3) is 0 Å². The molecule has 1 atom stereocenters. The van der Waals surface area contributed by atoms with Gasteiger partial charge in [-0.15, -0.1) is 0 Å². The molecule has 0 spiro atoms. The molecule has 0 saturated heterocycles. The van der Waals surface area contributed by atoms with Gasteiger partial charge < -0.3 is 15.3 Å². The molecule has 0 aliphatic heterocycles. The molecule has 0 bridgehead atoms. The van der Waals surface area contributed by atoms with Crippen LogP contribution in [0.25, 0.3) is 0 Å². The van der Waals surface area contributed by atoms with Gasteiger partial charge in [-0.2, -0.15) is 0 Å². The zero-order valence-electron chi connectivity index (χ0n) is 12.4. The Hall–Kier alpha value is -0.770. The SMILES string of the molecule is CNC(C)c1ccc(N(CCCO)C2CCC2)c(Cl)c1. The third kappa shape index (κ3) is 3.46. The highest BCUT2D eigenvalue weighted by molar-refractivity contribution is 6.33. The van der Waals surface area contributed by atoms with Gasteiger partial charge in [-0.1, -0.05) is 17.7 Å². The van der Waals surface area contributed by atoms with Crippen LogP contribution in [0.1, 0.15) is 44.2 Å². The molecule has 1 aliphatic rings. The van der Waals surface area contributed by atoms with Crippen molar-refractivity contribution in [3.63, 3.8) is 0 Å². The van der Waals surface area contributed by atoms with Crippen LogP contribution in [0.3, 0.4) is 0 Å². The zero-order valence-corrected chi connectivity index (χ0v) is 13.2. The molecule has 3 nitrogen and oxygen atoms in total. The van der Waals surface area contributed by atoms with Crippen LogP contribution in [0.4, 0.5) is 5.69 Å². The zero-order chi connectivity index (χ0) is 14.5. The summed E-state index contributed by atoms with van der Waals surface area (Å²) in [4.78, 5) is 2.37. The van der Waals surface area contributed by atoms with Crippen molar-refractivity contribution in [2.24, 2.45) is 0 Å². The number of rotatable bonds is 7. The summed E-state index contributed by atoms with van der Waals surface area (Å²) in [7, 11) is 1.95. The standard InChI is InChI=1S/C16H25ClN2O/c1-12(18-2)13-7-8-16(15(17)11-13)19(9-4-10-20)14-5-3-6-14/h7-8,11-12,14,18,20H,3-6,9-10H2,1-2H3. The third-order valence-electron chi connectivity index (χ3n) is 4.29. The summed E-state index contributed by atoms with van der Waals surface area (Å²) in [6, 6.07) is 7.22. The smallest absolute Gasteiger partial charge is 0.0642 e. The Kier molecular flexibility index (Phi) is 5.70. The molecule has 1 saturated carbocycles. The lowest BCUT2D eigenvalue weighted by atomic mass is 9.90. The number of halogens is 1. The Bertz CT molecular complexity index is 434. The summed E-state index contributed by atoms with van der Waals surface area (Å²) in [6.07, 6.45) is 4.56. The van der Waals surface area contributed by atoms with Gasteiger partial charge in [0, 0.05) is 25.2 Å². The predicted octanol–water partition coefficient (Wildman–Crippen LogP) is 3.36. The summed E-state index contributed by atoms with van der Waals surface area (Å²) in [5.74, 6) is 0. The van der Waals surface area contributed by atoms with Crippen LogP contribution < -0.4 is 10.2 Å². The number of hydrogen-bond donors (Lipinski definition) is 2. The maximum atomic E-state index is 9.08. The summed E-state index contributed by atoms with van der Waals surface area (Å²) in [5, 5.41) is 13.1. The molecule has 1 fully saturated rings. The monoisotopic (exact) mass is 296 g/mol. The minimum absolute atomic E-state index is 0.232. The Balaban J connectivity index is 2.19. The average Bonchev–Trinajstić information content (AvgIpc) is 2.40. The van der Waals surface area contributed by atoms with E-state index in [0.717, 1.165) is 23.7 Å². The molecular weight excluding hydrogens is 272 g/mol. The van der Waals surface area contributed by atoms with Crippen molar-refractivity contribution in [2.75, 3.05) is 25.1 Å². The van der Waals surface area contributed by atoms with Gasteiger partial charge in [-0.3, -0.25) is 0 Å². The minimum atomic E-state index is 0.232. The summed E-state index contributed by atoms with van der Waals surface area (Å²) in [6.45, 7) is 3.23. The lowest BCUT2D eigenvalue weighted by molar-refractivity contribution is 0.283. The van der Waals surface area contributed by atoms with E-state index >= 15 is 0 Å².